The number of carbonyl (C=O) groups is 1. The fourth-order valence-corrected chi connectivity index (χ4v) is 7.69. The second kappa shape index (κ2) is 12.4. The number of amides is 1. The standard InChI is InChI=1S/C30H22ClI2N3O3S/c1-3-13-39-27-22(32)14-18(15-23(27)33)16-24-29(38)36-26(19-9-11-20(31)12-10-19)25(17(2)34-30(36)40-24)28(37)35-21-7-5-4-6-8-21/h3-12,14-16,26H,1,13H2,2H3,(H,35,37)/b24-16-. The summed E-state index contributed by atoms with van der Waals surface area (Å²) in [5.74, 6) is 0.466. The number of benzene rings is 3. The second-order valence-electron chi connectivity index (χ2n) is 8.87. The smallest absolute Gasteiger partial charge is 0.271 e. The van der Waals surface area contributed by atoms with E-state index in [0.29, 0.717) is 37.9 Å². The molecule has 1 amide bonds. The molecule has 0 aliphatic carbocycles. The summed E-state index contributed by atoms with van der Waals surface area (Å²) >= 11 is 11.9. The van der Waals surface area contributed by atoms with Crippen molar-refractivity contribution in [3.8, 4) is 5.75 Å². The fourth-order valence-electron chi connectivity index (χ4n) is 4.39. The van der Waals surface area contributed by atoms with Crippen LogP contribution in [0.15, 0.2) is 100 Å². The molecule has 40 heavy (non-hydrogen) atoms. The largest absolute Gasteiger partial charge is 0.487 e. The van der Waals surface area contributed by atoms with Crippen molar-refractivity contribution in [1.82, 2.24) is 4.57 Å². The van der Waals surface area contributed by atoms with Gasteiger partial charge in [-0.2, -0.15) is 0 Å². The maximum atomic E-state index is 13.9. The Morgan fingerprint density at radius 1 is 1.15 bits per heavy atom. The van der Waals surface area contributed by atoms with Gasteiger partial charge in [-0.25, -0.2) is 4.99 Å². The van der Waals surface area contributed by atoms with Crippen LogP contribution in [0.5, 0.6) is 5.75 Å². The Kier molecular flexibility index (Phi) is 8.93. The first-order chi connectivity index (χ1) is 19.3. The molecule has 0 saturated carbocycles. The second-order valence-corrected chi connectivity index (χ2v) is 12.6. The zero-order valence-corrected chi connectivity index (χ0v) is 27.0. The van der Waals surface area contributed by atoms with E-state index in [2.05, 4.69) is 57.1 Å². The predicted molar refractivity (Wildman–Crippen MR) is 178 cm³/mol. The summed E-state index contributed by atoms with van der Waals surface area (Å²) in [5, 5.41) is 3.53. The Hall–Kier alpha value is -2.74. The number of nitrogens with zero attached hydrogens (tertiary/aromatic N) is 2. The molecule has 1 aliphatic rings. The van der Waals surface area contributed by atoms with E-state index in [4.69, 9.17) is 21.3 Å². The van der Waals surface area contributed by atoms with Crippen LogP contribution in [0.2, 0.25) is 5.02 Å². The molecule has 202 valence electrons. The molecule has 0 fully saturated rings. The molecule has 1 atom stereocenters. The Morgan fingerprint density at radius 2 is 1.82 bits per heavy atom. The maximum Gasteiger partial charge on any atom is 0.271 e. The Balaban J connectivity index is 1.63. The number of allylic oxidation sites excluding steroid dienone is 1. The van der Waals surface area contributed by atoms with E-state index < -0.39 is 6.04 Å². The van der Waals surface area contributed by atoms with Crippen molar-refractivity contribution in [1.29, 1.82) is 0 Å². The van der Waals surface area contributed by atoms with Gasteiger partial charge >= 0.3 is 0 Å². The zero-order chi connectivity index (χ0) is 28.4. The molecule has 1 aromatic heterocycles. The monoisotopic (exact) mass is 793 g/mol. The first-order valence-corrected chi connectivity index (χ1v) is 15.5. The van der Waals surface area contributed by atoms with Gasteiger partial charge in [-0.05, 0) is 106 Å². The highest BCUT2D eigenvalue weighted by atomic mass is 127. The molecule has 0 bridgehead atoms. The minimum absolute atomic E-state index is 0.224. The number of nitrogens with one attached hydrogen (secondary N) is 1. The van der Waals surface area contributed by atoms with E-state index >= 15 is 0 Å². The van der Waals surface area contributed by atoms with Gasteiger partial charge in [0.05, 0.1) is 29.0 Å². The van der Waals surface area contributed by atoms with E-state index in [-0.39, 0.29) is 11.5 Å². The summed E-state index contributed by atoms with van der Waals surface area (Å²) in [7, 11) is 0. The van der Waals surface area contributed by atoms with Crippen LogP contribution in [0.3, 0.4) is 0 Å². The summed E-state index contributed by atoms with van der Waals surface area (Å²) in [4.78, 5) is 32.8. The predicted octanol–water partition coefficient (Wildman–Crippen LogP) is 6.30. The number of hydrogen-bond acceptors (Lipinski definition) is 5. The molecule has 5 rings (SSSR count). The number of aromatic nitrogens is 1. The van der Waals surface area contributed by atoms with Gasteiger partial charge in [0, 0.05) is 10.7 Å². The van der Waals surface area contributed by atoms with Crippen LogP contribution in [0.25, 0.3) is 6.08 Å². The van der Waals surface area contributed by atoms with E-state index in [9.17, 15) is 9.59 Å². The van der Waals surface area contributed by atoms with Crippen molar-refractivity contribution < 1.29 is 9.53 Å². The van der Waals surface area contributed by atoms with Gasteiger partial charge in [0.1, 0.15) is 12.4 Å². The minimum Gasteiger partial charge on any atom is -0.487 e. The lowest BCUT2D eigenvalue weighted by Crippen LogP contribution is -2.40. The van der Waals surface area contributed by atoms with Gasteiger partial charge < -0.3 is 10.1 Å². The van der Waals surface area contributed by atoms with Gasteiger partial charge in [-0.3, -0.25) is 14.2 Å². The summed E-state index contributed by atoms with van der Waals surface area (Å²) in [6, 6.07) is 19.7. The van der Waals surface area contributed by atoms with E-state index in [1.807, 2.05) is 60.7 Å². The fraction of sp³-hybridized carbons (Fsp3) is 0.100. The topological polar surface area (TPSA) is 72.7 Å². The first kappa shape index (κ1) is 28.8. The van der Waals surface area contributed by atoms with Crippen molar-refractivity contribution in [2.75, 3.05) is 11.9 Å². The van der Waals surface area contributed by atoms with Gasteiger partial charge in [0.25, 0.3) is 11.5 Å². The quantitative estimate of drug-likeness (QED) is 0.177. The molecule has 10 heteroatoms. The normalized spacial score (nSPS) is 14.9. The van der Waals surface area contributed by atoms with Crippen molar-refractivity contribution in [3.63, 3.8) is 0 Å². The van der Waals surface area contributed by atoms with Crippen LogP contribution in [0.1, 0.15) is 24.1 Å². The SMILES string of the molecule is C=CCOc1c(I)cc(/C=c2\sc3n(c2=O)C(c2ccc(Cl)cc2)C(C(=O)Nc2ccccc2)=C(C)N=3)cc1I. The molecule has 2 heterocycles. The first-order valence-electron chi connectivity index (χ1n) is 12.1. The molecule has 3 aromatic carbocycles. The number of para-hydroxylation sites is 1. The molecule has 0 radical (unpaired) electrons. The number of thiazole rings is 1. The van der Waals surface area contributed by atoms with Crippen molar-refractivity contribution >= 4 is 85.8 Å². The summed E-state index contributed by atoms with van der Waals surface area (Å²) in [5.41, 5.74) is 3.01. The summed E-state index contributed by atoms with van der Waals surface area (Å²) < 4.78 is 9.77. The van der Waals surface area contributed by atoms with Crippen LogP contribution < -0.4 is 24.9 Å². The highest BCUT2D eigenvalue weighted by Crippen LogP contribution is 2.32. The van der Waals surface area contributed by atoms with E-state index in [1.54, 1.807) is 29.7 Å². The zero-order valence-electron chi connectivity index (χ0n) is 21.2. The van der Waals surface area contributed by atoms with Crippen molar-refractivity contribution in [2.24, 2.45) is 4.99 Å². The number of carbonyl (C=O) groups excluding carboxylic acids is 1. The molecule has 0 saturated heterocycles. The number of halogens is 3. The third-order valence-corrected chi connectivity index (χ3v) is 8.99. The highest BCUT2D eigenvalue weighted by Gasteiger charge is 2.32. The molecule has 0 spiro atoms. The van der Waals surface area contributed by atoms with Crippen molar-refractivity contribution in [3.05, 3.63) is 134 Å². The Morgan fingerprint density at radius 3 is 2.48 bits per heavy atom. The average molecular weight is 794 g/mol. The number of hydrogen-bond donors (Lipinski definition) is 1. The van der Waals surface area contributed by atoms with Crippen LogP contribution in [0, 0.1) is 7.14 Å². The van der Waals surface area contributed by atoms with Gasteiger partial charge in [-0.15, -0.1) is 0 Å². The third kappa shape index (κ3) is 5.97. The van der Waals surface area contributed by atoms with Gasteiger partial charge in [0.2, 0.25) is 0 Å². The van der Waals surface area contributed by atoms with Crippen LogP contribution in [-0.2, 0) is 4.79 Å². The van der Waals surface area contributed by atoms with Crippen LogP contribution in [-0.4, -0.2) is 17.1 Å². The third-order valence-electron chi connectivity index (χ3n) is 6.15. The van der Waals surface area contributed by atoms with Gasteiger partial charge in [0.15, 0.2) is 4.80 Å². The molecule has 4 aromatic rings. The number of rotatable bonds is 7. The lowest BCUT2D eigenvalue weighted by Gasteiger charge is -2.25. The molecule has 1 aliphatic heterocycles. The number of fused-ring (bicyclic) bond motifs is 1. The van der Waals surface area contributed by atoms with E-state index in [0.717, 1.165) is 24.0 Å². The number of ether oxygens (including phenoxy) is 1. The van der Waals surface area contributed by atoms with Gasteiger partial charge in [-0.1, -0.05) is 65.9 Å². The van der Waals surface area contributed by atoms with Crippen LogP contribution >= 0.6 is 68.1 Å². The molecule has 6 nitrogen and oxygen atoms in total. The Bertz CT molecular complexity index is 1810. The maximum absolute atomic E-state index is 13.9. The Labute approximate surface area is 267 Å². The average Bonchev–Trinajstić information content (AvgIpc) is 3.22. The minimum atomic E-state index is -0.672. The summed E-state index contributed by atoms with van der Waals surface area (Å²) in [6.45, 7) is 5.92. The van der Waals surface area contributed by atoms with Crippen molar-refractivity contribution in [2.45, 2.75) is 13.0 Å². The number of anilines is 1. The molecule has 1 unspecified atom stereocenters. The molecule has 1 N–H and O–H groups in total. The van der Waals surface area contributed by atoms with Crippen LogP contribution in [0.4, 0.5) is 5.69 Å². The summed E-state index contributed by atoms with van der Waals surface area (Å²) in [6.07, 6.45) is 3.56. The highest BCUT2D eigenvalue weighted by molar-refractivity contribution is 14.1. The van der Waals surface area contributed by atoms with E-state index in [1.165, 1.54) is 11.3 Å². The lowest BCUT2D eigenvalue weighted by atomic mass is 9.95. The lowest BCUT2D eigenvalue weighted by molar-refractivity contribution is -0.113. The molecular formula is C30H22ClI2N3O3S. The molecular weight excluding hydrogens is 772 g/mol.